The predicted molar refractivity (Wildman–Crippen MR) is 61.4 cm³/mol. The van der Waals surface area contributed by atoms with Gasteiger partial charge in [0, 0.05) is 6.20 Å². The van der Waals surface area contributed by atoms with E-state index < -0.39 is 0 Å². The van der Waals surface area contributed by atoms with Crippen LogP contribution in [0.25, 0.3) is 16.9 Å². The van der Waals surface area contributed by atoms with Crippen LogP contribution in [0.3, 0.4) is 0 Å². The van der Waals surface area contributed by atoms with Crippen molar-refractivity contribution < 1.29 is 0 Å². The Bertz CT molecular complexity index is 723. The maximum Gasteiger partial charge on any atom is 0.183 e. The van der Waals surface area contributed by atoms with Gasteiger partial charge in [-0.3, -0.25) is 0 Å². The molecule has 0 aliphatic carbocycles. The third kappa shape index (κ3) is 1.52. The molecule has 0 amide bonds. The molecule has 2 aromatic heterocycles. The monoisotopic (exact) mass is 221 g/mol. The van der Waals surface area contributed by atoms with Gasteiger partial charge in [-0.1, -0.05) is 11.3 Å². The summed E-state index contributed by atoms with van der Waals surface area (Å²) in [5.74, 6) is 0. The molecule has 0 atom stereocenters. The number of aromatic nitrogens is 4. The maximum atomic E-state index is 8.86. The van der Waals surface area contributed by atoms with Crippen molar-refractivity contribution in [3.63, 3.8) is 0 Å². The van der Waals surface area contributed by atoms with E-state index in [2.05, 4.69) is 21.4 Å². The van der Waals surface area contributed by atoms with Crippen molar-refractivity contribution in [2.24, 2.45) is 0 Å². The number of benzene rings is 1. The lowest BCUT2D eigenvalue weighted by Crippen LogP contribution is -1.97. The smallest absolute Gasteiger partial charge is 0.183 e. The van der Waals surface area contributed by atoms with E-state index in [-0.39, 0.29) is 0 Å². The third-order valence-electron chi connectivity index (χ3n) is 2.43. The lowest BCUT2D eigenvalue weighted by Gasteiger charge is -2.00. The summed E-state index contributed by atoms with van der Waals surface area (Å²) in [4.78, 5) is 4.23. The molecule has 0 aliphatic heterocycles. The Hall–Kier alpha value is -2.74. The fourth-order valence-electron chi connectivity index (χ4n) is 1.65. The van der Waals surface area contributed by atoms with Gasteiger partial charge in [0.15, 0.2) is 5.65 Å². The minimum atomic E-state index is 0.585. The summed E-state index contributed by atoms with van der Waals surface area (Å²) in [5.41, 5.74) is 2.78. The maximum absolute atomic E-state index is 8.86. The number of nitriles is 1. The van der Waals surface area contributed by atoms with Crippen LogP contribution in [0.1, 0.15) is 5.56 Å². The molecule has 0 spiro atoms. The first-order valence-electron chi connectivity index (χ1n) is 5.05. The van der Waals surface area contributed by atoms with Gasteiger partial charge in [0.05, 0.1) is 17.3 Å². The van der Waals surface area contributed by atoms with Gasteiger partial charge in [-0.25, -0.2) is 4.98 Å². The van der Waals surface area contributed by atoms with Gasteiger partial charge in [-0.15, -0.1) is 5.10 Å². The molecule has 2 heterocycles. The standard InChI is InChI=1S/C12H7N5/c13-8-9-3-1-4-10(7-9)17-12-11(15-16-17)5-2-6-14-12/h1-7H. The molecular weight excluding hydrogens is 214 g/mol. The molecular formula is C12H7N5. The number of hydrogen-bond acceptors (Lipinski definition) is 4. The van der Waals surface area contributed by atoms with Gasteiger partial charge in [-0.2, -0.15) is 9.94 Å². The largest absolute Gasteiger partial charge is 0.235 e. The highest BCUT2D eigenvalue weighted by Gasteiger charge is 2.06. The van der Waals surface area contributed by atoms with Crippen molar-refractivity contribution >= 4 is 11.2 Å². The first kappa shape index (κ1) is 9.48. The SMILES string of the molecule is N#Cc1cccc(-n2nnc3cccnc32)c1. The van der Waals surface area contributed by atoms with E-state index in [0.717, 1.165) is 11.2 Å². The molecule has 1 aromatic carbocycles. The van der Waals surface area contributed by atoms with E-state index in [1.165, 1.54) is 0 Å². The highest BCUT2D eigenvalue weighted by Crippen LogP contribution is 2.14. The summed E-state index contributed by atoms with van der Waals surface area (Å²) >= 11 is 0. The molecule has 0 saturated carbocycles. The Kier molecular flexibility index (Phi) is 2.06. The fraction of sp³-hybridized carbons (Fsp3) is 0. The number of nitrogens with zero attached hydrogens (tertiary/aromatic N) is 5. The minimum Gasteiger partial charge on any atom is -0.235 e. The summed E-state index contributed by atoms with van der Waals surface area (Å²) < 4.78 is 1.62. The molecule has 0 bridgehead atoms. The van der Waals surface area contributed by atoms with E-state index in [1.54, 1.807) is 23.0 Å². The molecule has 0 unspecified atom stereocenters. The molecule has 0 N–H and O–H groups in total. The van der Waals surface area contributed by atoms with Crippen LogP contribution >= 0.6 is 0 Å². The predicted octanol–water partition coefficient (Wildman–Crippen LogP) is 1.69. The Balaban J connectivity index is 2.24. The van der Waals surface area contributed by atoms with Gasteiger partial charge < -0.3 is 0 Å². The van der Waals surface area contributed by atoms with E-state index in [9.17, 15) is 0 Å². The van der Waals surface area contributed by atoms with E-state index >= 15 is 0 Å². The molecule has 5 nitrogen and oxygen atoms in total. The first-order chi connectivity index (χ1) is 8.38. The molecule has 80 valence electrons. The highest BCUT2D eigenvalue weighted by atomic mass is 15.4. The first-order valence-corrected chi connectivity index (χ1v) is 5.05. The lowest BCUT2D eigenvalue weighted by molar-refractivity contribution is 0.817. The zero-order valence-electron chi connectivity index (χ0n) is 8.78. The average molecular weight is 221 g/mol. The molecule has 3 rings (SSSR count). The van der Waals surface area contributed by atoms with Crippen LogP contribution < -0.4 is 0 Å². The quantitative estimate of drug-likeness (QED) is 0.627. The van der Waals surface area contributed by atoms with Gasteiger partial charge in [0.1, 0.15) is 5.52 Å². The zero-order chi connectivity index (χ0) is 11.7. The molecule has 17 heavy (non-hydrogen) atoms. The molecule has 5 heteroatoms. The Morgan fingerprint density at radius 1 is 1.18 bits per heavy atom. The molecule has 0 aliphatic rings. The number of fused-ring (bicyclic) bond motifs is 1. The highest BCUT2D eigenvalue weighted by molar-refractivity contribution is 5.71. The molecule has 0 radical (unpaired) electrons. The van der Waals surface area contributed by atoms with Crippen LogP contribution in [-0.2, 0) is 0 Å². The number of pyridine rings is 1. The Morgan fingerprint density at radius 3 is 3.00 bits per heavy atom. The van der Waals surface area contributed by atoms with Crippen LogP contribution in [0.2, 0.25) is 0 Å². The Labute approximate surface area is 96.9 Å². The van der Waals surface area contributed by atoms with Crippen molar-refractivity contribution in [1.82, 2.24) is 20.0 Å². The summed E-state index contributed by atoms with van der Waals surface area (Å²) in [6, 6.07) is 12.9. The van der Waals surface area contributed by atoms with Crippen molar-refractivity contribution in [3.8, 4) is 11.8 Å². The van der Waals surface area contributed by atoms with Crippen molar-refractivity contribution in [1.29, 1.82) is 5.26 Å². The topological polar surface area (TPSA) is 67.4 Å². The van der Waals surface area contributed by atoms with Crippen LogP contribution in [0, 0.1) is 11.3 Å². The normalized spacial score (nSPS) is 10.3. The molecule has 0 saturated heterocycles. The summed E-state index contributed by atoms with van der Waals surface area (Å²) in [6.45, 7) is 0. The second kappa shape index (κ2) is 3.68. The van der Waals surface area contributed by atoms with Gasteiger partial charge in [0.2, 0.25) is 0 Å². The second-order valence-electron chi connectivity index (χ2n) is 3.51. The molecule has 3 aromatic rings. The van der Waals surface area contributed by atoms with Crippen LogP contribution in [0.15, 0.2) is 42.6 Å². The summed E-state index contributed by atoms with van der Waals surface area (Å²) in [5, 5.41) is 16.9. The van der Waals surface area contributed by atoms with E-state index in [0.29, 0.717) is 11.2 Å². The second-order valence-corrected chi connectivity index (χ2v) is 3.51. The summed E-state index contributed by atoms with van der Waals surface area (Å²) in [7, 11) is 0. The average Bonchev–Trinajstić information content (AvgIpc) is 2.82. The Morgan fingerprint density at radius 2 is 2.12 bits per heavy atom. The van der Waals surface area contributed by atoms with Gasteiger partial charge >= 0.3 is 0 Å². The van der Waals surface area contributed by atoms with Crippen molar-refractivity contribution in [3.05, 3.63) is 48.2 Å². The summed E-state index contributed by atoms with van der Waals surface area (Å²) in [6.07, 6.45) is 1.69. The fourth-order valence-corrected chi connectivity index (χ4v) is 1.65. The van der Waals surface area contributed by atoms with Crippen LogP contribution in [-0.4, -0.2) is 20.0 Å². The molecule has 0 fully saturated rings. The van der Waals surface area contributed by atoms with Crippen molar-refractivity contribution in [2.75, 3.05) is 0 Å². The number of rotatable bonds is 1. The lowest BCUT2D eigenvalue weighted by atomic mass is 10.2. The van der Waals surface area contributed by atoms with Crippen LogP contribution in [0.4, 0.5) is 0 Å². The van der Waals surface area contributed by atoms with Crippen LogP contribution in [0.5, 0.6) is 0 Å². The third-order valence-corrected chi connectivity index (χ3v) is 2.43. The zero-order valence-corrected chi connectivity index (χ0v) is 8.78. The van der Waals surface area contributed by atoms with E-state index in [1.807, 2.05) is 24.3 Å². The minimum absolute atomic E-state index is 0.585. The van der Waals surface area contributed by atoms with E-state index in [4.69, 9.17) is 5.26 Å². The van der Waals surface area contributed by atoms with Gasteiger partial charge in [0.25, 0.3) is 0 Å². The van der Waals surface area contributed by atoms with Crippen molar-refractivity contribution in [2.45, 2.75) is 0 Å². The number of hydrogen-bond donors (Lipinski definition) is 0. The van der Waals surface area contributed by atoms with Gasteiger partial charge in [-0.05, 0) is 30.3 Å².